The van der Waals surface area contributed by atoms with Gasteiger partial charge in [0.25, 0.3) is 0 Å². The van der Waals surface area contributed by atoms with E-state index in [1.165, 1.54) is 0 Å². The highest BCUT2D eigenvalue weighted by Crippen LogP contribution is 2.38. The van der Waals surface area contributed by atoms with Crippen molar-refractivity contribution in [2.24, 2.45) is 11.7 Å². The van der Waals surface area contributed by atoms with E-state index in [0.29, 0.717) is 6.54 Å². The Morgan fingerprint density at radius 2 is 2.60 bits per heavy atom. The molecule has 1 aromatic rings. The Bertz CT molecular complexity index is 347. The van der Waals surface area contributed by atoms with Gasteiger partial charge in [0.05, 0.1) is 17.6 Å². The molecule has 2 heterocycles. The quantitative estimate of drug-likeness (QED) is 0.765. The van der Waals surface area contributed by atoms with Crippen molar-refractivity contribution in [3.05, 3.63) is 24.2 Å². The van der Waals surface area contributed by atoms with Gasteiger partial charge in [-0.05, 0) is 18.6 Å². The summed E-state index contributed by atoms with van der Waals surface area (Å²) in [7, 11) is 0. The number of nitrogens with two attached hydrogens (primary N) is 1. The van der Waals surface area contributed by atoms with Gasteiger partial charge in [0.2, 0.25) is 5.91 Å². The first-order chi connectivity index (χ1) is 7.20. The van der Waals surface area contributed by atoms with E-state index in [1.807, 2.05) is 12.1 Å². The Morgan fingerprint density at radius 1 is 1.80 bits per heavy atom. The van der Waals surface area contributed by atoms with E-state index >= 15 is 0 Å². The maximum absolute atomic E-state index is 11.4. The Labute approximate surface area is 88.8 Å². The minimum absolute atomic E-state index is 0.173. The number of hydrogen-bond donors (Lipinski definition) is 2. The molecule has 1 saturated heterocycles. The number of carbonyl (C=O) groups is 1. The van der Waals surface area contributed by atoms with Crippen LogP contribution in [-0.4, -0.2) is 19.0 Å². The monoisotopic (exact) mass is 208 g/mol. The first kappa shape index (κ1) is 10.2. The summed E-state index contributed by atoms with van der Waals surface area (Å²) in [6, 6.07) is 3.77. The molecule has 2 unspecified atom stereocenters. The molecule has 4 heteroatoms. The molecule has 0 radical (unpaired) electrons. The van der Waals surface area contributed by atoms with Crippen molar-refractivity contribution in [1.82, 2.24) is 5.32 Å². The Kier molecular flexibility index (Phi) is 2.52. The average molecular weight is 208 g/mol. The zero-order valence-electron chi connectivity index (χ0n) is 8.82. The van der Waals surface area contributed by atoms with Crippen molar-refractivity contribution < 1.29 is 9.21 Å². The molecule has 2 rings (SSSR count). The summed E-state index contributed by atoms with van der Waals surface area (Å²) in [4.78, 5) is 11.4. The molecule has 0 saturated carbocycles. The molecule has 0 bridgehead atoms. The molecule has 2 atom stereocenters. The smallest absolute Gasteiger partial charge is 0.222 e. The van der Waals surface area contributed by atoms with Crippen molar-refractivity contribution in [2.45, 2.75) is 18.8 Å². The first-order valence-electron chi connectivity index (χ1n) is 5.24. The lowest BCUT2D eigenvalue weighted by atomic mass is 9.73. The van der Waals surface area contributed by atoms with Gasteiger partial charge in [0, 0.05) is 13.1 Å². The van der Waals surface area contributed by atoms with Crippen LogP contribution in [0.5, 0.6) is 0 Å². The van der Waals surface area contributed by atoms with Crippen molar-refractivity contribution in [1.29, 1.82) is 0 Å². The van der Waals surface area contributed by atoms with Gasteiger partial charge in [-0.2, -0.15) is 0 Å². The second kappa shape index (κ2) is 3.70. The molecular formula is C11H16N2O2. The fourth-order valence-corrected chi connectivity index (χ4v) is 2.50. The molecule has 3 N–H and O–H groups in total. The lowest BCUT2D eigenvalue weighted by molar-refractivity contribution is -0.123. The maximum atomic E-state index is 11.4. The van der Waals surface area contributed by atoms with E-state index in [1.54, 1.807) is 6.26 Å². The summed E-state index contributed by atoms with van der Waals surface area (Å²) < 4.78 is 5.44. The lowest BCUT2D eigenvalue weighted by Crippen LogP contribution is -2.41. The molecule has 4 nitrogen and oxygen atoms in total. The highest BCUT2D eigenvalue weighted by Gasteiger charge is 2.47. The fourth-order valence-electron chi connectivity index (χ4n) is 2.50. The Balaban J connectivity index is 2.40. The molecule has 15 heavy (non-hydrogen) atoms. The molecule has 1 aliphatic heterocycles. The Morgan fingerprint density at radius 3 is 3.13 bits per heavy atom. The molecule has 0 spiro atoms. The van der Waals surface area contributed by atoms with Gasteiger partial charge in [-0.25, -0.2) is 0 Å². The summed E-state index contributed by atoms with van der Waals surface area (Å²) in [5, 5.41) is 3.22. The second-order valence-corrected chi connectivity index (χ2v) is 4.07. The van der Waals surface area contributed by atoms with Crippen LogP contribution in [0.4, 0.5) is 0 Å². The van der Waals surface area contributed by atoms with E-state index < -0.39 is 0 Å². The van der Waals surface area contributed by atoms with Crippen LogP contribution < -0.4 is 11.1 Å². The maximum Gasteiger partial charge on any atom is 0.222 e. The van der Waals surface area contributed by atoms with Gasteiger partial charge in [-0.15, -0.1) is 0 Å². The zero-order chi connectivity index (χ0) is 10.9. The minimum atomic E-state index is -0.255. The molecule has 1 fully saturated rings. The predicted molar refractivity (Wildman–Crippen MR) is 56.2 cm³/mol. The van der Waals surface area contributed by atoms with E-state index in [2.05, 4.69) is 12.2 Å². The molecule has 1 aromatic heterocycles. The van der Waals surface area contributed by atoms with Gasteiger partial charge in [0.15, 0.2) is 0 Å². The van der Waals surface area contributed by atoms with Crippen molar-refractivity contribution in [2.75, 3.05) is 13.1 Å². The minimum Gasteiger partial charge on any atom is -0.469 e. The number of amides is 1. The normalized spacial score (nSPS) is 30.6. The highest BCUT2D eigenvalue weighted by molar-refractivity contribution is 5.79. The number of hydrogen-bond acceptors (Lipinski definition) is 3. The van der Waals surface area contributed by atoms with Crippen LogP contribution in [0.3, 0.4) is 0 Å². The van der Waals surface area contributed by atoms with Crippen LogP contribution in [0.2, 0.25) is 0 Å². The summed E-state index contributed by atoms with van der Waals surface area (Å²) >= 11 is 0. The van der Waals surface area contributed by atoms with Crippen LogP contribution in [0.25, 0.3) is 0 Å². The van der Waals surface area contributed by atoms with Gasteiger partial charge in [-0.3, -0.25) is 4.79 Å². The van der Waals surface area contributed by atoms with Crippen LogP contribution in [0, 0.1) is 5.92 Å². The average Bonchev–Trinajstić information content (AvgIpc) is 2.87. The summed E-state index contributed by atoms with van der Waals surface area (Å²) in [6.45, 7) is 3.46. The molecule has 0 aromatic carbocycles. The summed E-state index contributed by atoms with van der Waals surface area (Å²) in [6.07, 6.45) is 2.49. The molecular weight excluding hydrogens is 192 g/mol. The molecule has 82 valence electrons. The van der Waals surface area contributed by atoms with Crippen LogP contribution in [0.15, 0.2) is 22.8 Å². The summed E-state index contributed by atoms with van der Waals surface area (Å²) in [5.41, 5.74) is 5.18. The van der Waals surface area contributed by atoms with Gasteiger partial charge in [-0.1, -0.05) is 6.92 Å². The number of carbonyl (C=O) groups excluding carboxylic acids is 1. The van der Waals surface area contributed by atoms with Gasteiger partial charge >= 0.3 is 0 Å². The van der Waals surface area contributed by atoms with Crippen molar-refractivity contribution in [3.63, 3.8) is 0 Å². The molecule has 0 aliphatic carbocycles. The van der Waals surface area contributed by atoms with Crippen LogP contribution >= 0.6 is 0 Å². The van der Waals surface area contributed by atoms with Crippen molar-refractivity contribution in [3.8, 4) is 0 Å². The topological polar surface area (TPSA) is 68.3 Å². The van der Waals surface area contributed by atoms with E-state index in [0.717, 1.165) is 18.7 Å². The third-order valence-corrected chi connectivity index (χ3v) is 3.44. The van der Waals surface area contributed by atoms with E-state index in [-0.39, 0.29) is 17.2 Å². The van der Waals surface area contributed by atoms with E-state index in [9.17, 15) is 4.79 Å². The number of primary amides is 1. The standard InChI is InChI=1S/C11H16N2O2/c1-2-11(9-4-3-5-15-9)7-13-6-8(11)10(12)14/h3-5,8,13H,2,6-7H2,1H3,(H2,12,14). The Hall–Kier alpha value is -1.29. The van der Waals surface area contributed by atoms with E-state index in [4.69, 9.17) is 10.2 Å². The summed E-state index contributed by atoms with van der Waals surface area (Å²) in [5.74, 6) is 0.436. The largest absolute Gasteiger partial charge is 0.469 e. The van der Waals surface area contributed by atoms with Gasteiger partial charge in [0.1, 0.15) is 5.76 Å². The third kappa shape index (κ3) is 1.45. The van der Waals surface area contributed by atoms with Gasteiger partial charge < -0.3 is 15.5 Å². The number of furan rings is 1. The first-order valence-corrected chi connectivity index (χ1v) is 5.24. The number of rotatable bonds is 3. The fraction of sp³-hybridized carbons (Fsp3) is 0.545. The number of nitrogens with one attached hydrogen (secondary N) is 1. The second-order valence-electron chi connectivity index (χ2n) is 4.07. The van der Waals surface area contributed by atoms with Crippen LogP contribution in [0.1, 0.15) is 19.1 Å². The third-order valence-electron chi connectivity index (χ3n) is 3.44. The SMILES string of the molecule is CCC1(c2ccco2)CNCC1C(N)=O. The predicted octanol–water partition coefficient (Wildman–Crippen LogP) is 0.632. The molecule has 1 amide bonds. The van der Waals surface area contributed by atoms with Crippen LogP contribution in [-0.2, 0) is 10.2 Å². The highest BCUT2D eigenvalue weighted by atomic mass is 16.3. The zero-order valence-corrected chi connectivity index (χ0v) is 8.82. The lowest BCUT2D eigenvalue weighted by Gasteiger charge is -2.29. The molecule has 1 aliphatic rings. The van der Waals surface area contributed by atoms with Crippen molar-refractivity contribution >= 4 is 5.91 Å².